The minimum absolute atomic E-state index is 0.0992. The molecular weight excluding hydrogens is 387 g/mol. The fraction of sp³-hybridized carbons (Fsp3) is 0.474. The number of ether oxygens (including phenoxy) is 1. The van der Waals surface area contributed by atoms with Gasteiger partial charge in [-0.15, -0.1) is 0 Å². The molecule has 27 heavy (non-hydrogen) atoms. The van der Waals surface area contributed by atoms with E-state index in [1.165, 1.54) is 0 Å². The molecule has 1 aromatic carbocycles. The first-order valence-corrected chi connectivity index (χ1v) is 9.95. The van der Waals surface area contributed by atoms with Crippen molar-refractivity contribution < 1.29 is 4.74 Å². The van der Waals surface area contributed by atoms with E-state index in [1.54, 1.807) is 12.1 Å². The Kier molecular flexibility index (Phi) is 5.68. The van der Waals surface area contributed by atoms with Crippen LogP contribution in [0, 0.1) is 0 Å². The van der Waals surface area contributed by atoms with Gasteiger partial charge in [-0.1, -0.05) is 35.3 Å². The second-order valence-electron chi connectivity index (χ2n) is 7.03. The molecule has 0 spiro atoms. The van der Waals surface area contributed by atoms with Gasteiger partial charge in [0.1, 0.15) is 0 Å². The van der Waals surface area contributed by atoms with Crippen molar-refractivity contribution in [3.8, 4) is 0 Å². The highest BCUT2D eigenvalue weighted by molar-refractivity contribution is 6.42. The third-order valence-electron chi connectivity index (χ3n) is 5.18. The van der Waals surface area contributed by atoms with Gasteiger partial charge in [0.25, 0.3) is 5.56 Å². The molecule has 2 aliphatic rings. The summed E-state index contributed by atoms with van der Waals surface area (Å²) >= 11 is 12.4. The smallest absolute Gasteiger partial charge is 0.252 e. The minimum Gasteiger partial charge on any atom is -0.378 e. The van der Waals surface area contributed by atoms with Gasteiger partial charge in [-0.3, -0.25) is 14.7 Å². The van der Waals surface area contributed by atoms with Crippen molar-refractivity contribution >= 4 is 29.2 Å². The molecule has 8 heteroatoms. The average Bonchev–Trinajstić information content (AvgIpc) is 3.14. The van der Waals surface area contributed by atoms with Gasteiger partial charge in [-0.2, -0.15) is 0 Å². The van der Waals surface area contributed by atoms with Crippen LogP contribution in [0.1, 0.15) is 23.6 Å². The van der Waals surface area contributed by atoms with Crippen LogP contribution in [0.5, 0.6) is 0 Å². The number of rotatable bonds is 4. The van der Waals surface area contributed by atoms with Crippen LogP contribution < -0.4 is 10.5 Å². The number of anilines is 1. The van der Waals surface area contributed by atoms with Crippen LogP contribution in [0.4, 0.5) is 5.95 Å². The average molecular weight is 409 g/mol. The predicted octanol–water partition coefficient (Wildman–Crippen LogP) is 2.90. The summed E-state index contributed by atoms with van der Waals surface area (Å²) in [5.41, 5.74) is 1.79. The maximum atomic E-state index is 12.2. The van der Waals surface area contributed by atoms with Gasteiger partial charge in [-0.05, 0) is 24.6 Å². The lowest BCUT2D eigenvalue weighted by atomic mass is 10.0. The first-order chi connectivity index (χ1) is 13.1. The second kappa shape index (κ2) is 8.19. The number of hydrogen-bond donors (Lipinski definition) is 1. The van der Waals surface area contributed by atoms with E-state index < -0.39 is 0 Å². The number of hydrogen-bond acceptors (Lipinski definition) is 5. The first kappa shape index (κ1) is 18.7. The highest BCUT2D eigenvalue weighted by Gasteiger charge is 2.27. The zero-order chi connectivity index (χ0) is 18.8. The lowest BCUT2D eigenvalue weighted by Crippen LogP contribution is -2.38. The molecule has 1 N–H and O–H groups in total. The maximum Gasteiger partial charge on any atom is 0.252 e. The quantitative estimate of drug-likeness (QED) is 0.842. The molecule has 1 unspecified atom stereocenters. The second-order valence-corrected chi connectivity index (χ2v) is 7.81. The molecule has 4 rings (SSSR count). The van der Waals surface area contributed by atoms with Crippen molar-refractivity contribution in [2.24, 2.45) is 0 Å². The Morgan fingerprint density at radius 3 is 2.85 bits per heavy atom. The topological polar surface area (TPSA) is 61.5 Å². The Morgan fingerprint density at radius 1 is 1.22 bits per heavy atom. The van der Waals surface area contributed by atoms with E-state index in [0.29, 0.717) is 29.2 Å². The van der Waals surface area contributed by atoms with Crippen LogP contribution in [0.3, 0.4) is 0 Å². The van der Waals surface area contributed by atoms with E-state index in [1.807, 2.05) is 12.1 Å². The SMILES string of the molecule is O=c1cc(C2CCN(Cc3cccc(Cl)c3Cl)C2)nc(N2CCOCC2)[nH]1. The molecular formula is C19H22Cl2N4O2. The third kappa shape index (κ3) is 4.29. The molecule has 0 saturated carbocycles. The highest BCUT2D eigenvalue weighted by Crippen LogP contribution is 2.31. The molecule has 0 aliphatic carbocycles. The lowest BCUT2D eigenvalue weighted by molar-refractivity contribution is 0.122. The normalized spacial score (nSPS) is 21.0. The molecule has 0 radical (unpaired) electrons. The Labute approximate surface area is 168 Å². The van der Waals surface area contributed by atoms with E-state index in [2.05, 4.69) is 14.8 Å². The van der Waals surface area contributed by atoms with Gasteiger partial charge < -0.3 is 9.64 Å². The molecule has 1 atom stereocenters. The Morgan fingerprint density at radius 2 is 2.04 bits per heavy atom. The molecule has 144 valence electrons. The molecule has 1 aromatic heterocycles. The van der Waals surface area contributed by atoms with Crippen molar-refractivity contribution in [2.45, 2.75) is 18.9 Å². The van der Waals surface area contributed by atoms with Crippen LogP contribution in [-0.2, 0) is 11.3 Å². The molecule has 2 saturated heterocycles. The van der Waals surface area contributed by atoms with Crippen molar-refractivity contribution in [1.29, 1.82) is 0 Å². The Bertz CT molecular complexity index is 867. The zero-order valence-electron chi connectivity index (χ0n) is 15.0. The number of nitrogens with zero attached hydrogens (tertiary/aromatic N) is 3. The number of aromatic amines is 1. The number of morpholine rings is 1. The molecule has 2 fully saturated rings. The van der Waals surface area contributed by atoms with E-state index in [9.17, 15) is 4.79 Å². The summed E-state index contributed by atoms with van der Waals surface area (Å²) in [6.45, 7) is 5.34. The number of H-pyrrole nitrogens is 1. The van der Waals surface area contributed by atoms with Crippen molar-refractivity contribution in [3.63, 3.8) is 0 Å². The number of likely N-dealkylation sites (tertiary alicyclic amines) is 1. The predicted molar refractivity (Wildman–Crippen MR) is 107 cm³/mol. The number of halogens is 2. The highest BCUT2D eigenvalue weighted by atomic mass is 35.5. The zero-order valence-corrected chi connectivity index (χ0v) is 16.5. The maximum absolute atomic E-state index is 12.2. The summed E-state index contributed by atoms with van der Waals surface area (Å²) in [6, 6.07) is 7.35. The van der Waals surface area contributed by atoms with Gasteiger partial charge in [0.2, 0.25) is 5.95 Å². The lowest BCUT2D eigenvalue weighted by Gasteiger charge is -2.27. The van der Waals surface area contributed by atoms with Gasteiger partial charge in [0.05, 0.1) is 29.0 Å². The van der Waals surface area contributed by atoms with E-state index >= 15 is 0 Å². The van der Waals surface area contributed by atoms with E-state index in [0.717, 1.165) is 50.4 Å². The van der Waals surface area contributed by atoms with Crippen molar-refractivity contribution in [2.75, 3.05) is 44.3 Å². The molecule has 6 nitrogen and oxygen atoms in total. The molecule has 0 amide bonds. The van der Waals surface area contributed by atoms with E-state index in [4.69, 9.17) is 32.9 Å². The molecule has 2 aliphatic heterocycles. The monoisotopic (exact) mass is 408 g/mol. The fourth-order valence-corrected chi connectivity index (χ4v) is 4.11. The Balaban J connectivity index is 1.47. The van der Waals surface area contributed by atoms with Gasteiger partial charge in [0.15, 0.2) is 0 Å². The molecule has 3 heterocycles. The summed E-state index contributed by atoms with van der Waals surface area (Å²) in [7, 11) is 0. The van der Waals surface area contributed by atoms with Crippen LogP contribution in [0.2, 0.25) is 10.0 Å². The van der Waals surface area contributed by atoms with Crippen molar-refractivity contribution in [1.82, 2.24) is 14.9 Å². The van der Waals surface area contributed by atoms with E-state index in [-0.39, 0.29) is 11.5 Å². The molecule has 2 aromatic rings. The number of aromatic nitrogens is 2. The standard InChI is InChI=1S/C19H22Cl2N4O2/c20-15-3-1-2-14(18(15)21)12-24-5-4-13(11-24)16-10-17(26)23-19(22-16)25-6-8-27-9-7-25/h1-3,10,13H,4-9,11-12H2,(H,22,23,26). The summed E-state index contributed by atoms with van der Waals surface area (Å²) in [4.78, 5) is 24.2. The summed E-state index contributed by atoms with van der Waals surface area (Å²) in [5, 5.41) is 1.20. The molecule has 0 bridgehead atoms. The summed E-state index contributed by atoms with van der Waals surface area (Å²) in [6.07, 6.45) is 0.969. The van der Waals surface area contributed by atoms with Crippen LogP contribution in [0.25, 0.3) is 0 Å². The van der Waals surface area contributed by atoms with Gasteiger partial charge >= 0.3 is 0 Å². The Hall–Kier alpha value is -1.60. The van der Waals surface area contributed by atoms with Gasteiger partial charge in [0, 0.05) is 38.2 Å². The number of nitrogens with one attached hydrogen (secondary N) is 1. The van der Waals surface area contributed by atoms with Crippen molar-refractivity contribution in [3.05, 3.63) is 55.9 Å². The van der Waals surface area contributed by atoms with Crippen LogP contribution in [-0.4, -0.2) is 54.3 Å². The fourth-order valence-electron chi connectivity index (χ4n) is 3.73. The summed E-state index contributed by atoms with van der Waals surface area (Å²) in [5.74, 6) is 0.891. The van der Waals surface area contributed by atoms with Crippen LogP contribution >= 0.6 is 23.2 Å². The first-order valence-electron chi connectivity index (χ1n) is 9.19. The number of benzene rings is 1. The summed E-state index contributed by atoms with van der Waals surface area (Å²) < 4.78 is 5.38. The largest absolute Gasteiger partial charge is 0.378 e. The minimum atomic E-state index is -0.0992. The van der Waals surface area contributed by atoms with Gasteiger partial charge in [-0.25, -0.2) is 4.98 Å². The third-order valence-corrected chi connectivity index (χ3v) is 6.03. The van der Waals surface area contributed by atoms with Crippen LogP contribution in [0.15, 0.2) is 29.1 Å².